The molecule has 4 N–H and O–H groups in total. The second-order valence-electron chi connectivity index (χ2n) is 11.8. The Morgan fingerprint density at radius 1 is 1.12 bits per heavy atom. The Bertz CT molecular complexity index is 1280. The molecule has 2 fully saturated rings. The van der Waals surface area contributed by atoms with Gasteiger partial charge in [-0.2, -0.15) is 0 Å². The highest BCUT2D eigenvalue weighted by molar-refractivity contribution is 14.1. The van der Waals surface area contributed by atoms with Gasteiger partial charge in [-0.3, -0.25) is 4.79 Å². The van der Waals surface area contributed by atoms with E-state index in [9.17, 15) is 33.0 Å². The van der Waals surface area contributed by atoms with Gasteiger partial charge in [-0.25, -0.2) is 18.0 Å². The first-order valence-electron chi connectivity index (χ1n) is 13.1. The number of likely N-dealkylation sites (tertiary alicyclic amines) is 2. The van der Waals surface area contributed by atoms with Crippen molar-refractivity contribution >= 4 is 46.0 Å². The number of carbonyl (C=O) groups is 2. The first-order chi connectivity index (χ1) is 18.7. The number of carboxylic acid groups (broad SMARTS) is 1. The van der Waals surface area contributed by atoms with E-state index < -0.39 is 40.7 Å². The SMILES string of the molecule is CC(C)(C)C1CC(CNCC2(O)CN(C(=O)c3ccc(F)c(F)c3Nc3ccc(I)cc3F)C2)CCN1C(=O)O. The molecule has 2 saturated heterocycles. The number of halogens is 4. The molecule has 2 aromatic carbocycles. The van der Waals surface area contributed by atoms with Crippen molar-refractivity contribution in [3.63, 3.8) is 0 Å². The van der Waals surface area contributed by atoms with Gasteiger partial charge in [0.25, 0.3) is 5.91 Å². The molecule has 2 amide bonds. The van der Waals surface area contributed by atoms with Crippen LogP contribution in [0.25, 0.3) is 0 Å². The van der Waals surface area contributed by atoms with Crippen molar-refractivity contribution in [1.29, 1.82) is 0 Å². The van der Waals surface area contributed by atoms with Gasteiger partial charge < -0.3 is 30.6 Å². The smallest absolute Gasteiger partial charge is 0.407 e. The summed E-state index contributed by atoms with van der Waals surface area (Å²) in [6.07, 6.45) is 0.504. The minimum Gasteiger partial charge on any atom is -0.465 e. The van der Waals surface area contributed by atoms with Crippen molar-refractivity contribution in [2.24, 2.45) is 11.3 Å². The molecule has 0 radical (unpaired) electrons. The third-order valence-electron chi connectivity index (χ3n) is 7.62. The molecule has 0 spiro atoms. The number of aliphatic hydroxyl groups is 1. The zero-order valence-electron chi connectivity index (χ0n) is 22.6. The lowest BCUT2D eigenvalue weighted by Crippen LogP contribution is -2.67. The van der Waals surface area contributed by atoms with Crippen molar-refractivity contribution in [2.45, 2.75) is 45.3 Å². The van der Waals surface area contributed by atoms with Gasteiger partial charge in [-0.05, 0) is 83.6 Å². The molecular formula is C28H34F3IN4O4. The molecule has 2 unspecified atom stereocenters. The summed E-state index contributed by atoms with van der Waals surface area (Å²) in [6, 6.07) is 6.05. The van der Waals surface area contributed by atoms with E-state index in [1.807, 2.05) is 43.4 Å². The van der Waals surface area contributed by atoms with E-state index in [-0.39, 0.29) is 48.3 Å². The standard InChI is InChI=1S/C28H34F3IN4O4/c1-27(2,3)22-10-16(8-9-36(22)26(38)39)12-33-13-28(40)14-35(15-28)25(37)18-5-6-19(29)23(31)24(18)34-21-7-4-17(32)11-20(21)30/h4-7,11,16,22,33-34,40H,8-10,12-15H2,1-3H3,(H,38,39). The third kappa shape index (κ3) is 6.65. The minimum absolute atomic E-state index is 0.0166. The fraction of sp³-hybridized carbons (Fsp3) is 0.500. The number of nitrogens with zero attached hydrogens (tertiary/aromatic N) is 2. The molecule has 4 rings (SSSR count). The van der Waals surface area contributed by atoms with E-state index >= 15 is 0 Å². The van der Waals surface area contributed by atoms with E-state index in [0.717, 1.165) is 12.1 Å². The van der Waals surface area contributed by atoms with Gasteiger partial charge in [0, 0.05) is 22.7 Å². The first kappa shape index (κ1) is 30.4. The Balaban J connectivity index is 1.35. The van der Waals surface area contributed by atoms with Crippen LogP contribution in [0.1, 0.15) is 44.0 Å². The summed E-state index contributed by atoms with van der Waals surface area (Å²) in [6.45, 7) is 7.30. The van der Waals surface area contributed by atoms with E-state index in [0.29, 0.717) is 29.5 Å². The Labute approximate surface area is 245 Å². The van der Waals surface area contributed by atoms with Crippen LogP contribution in [-0.2, 0) is 0 Å². The second-order valence-corrected chi connectivity index (χ2v) is 13.0. The number of β-amino-alcohol motifs (C(OH)–C–C–N with tert-alkyl or cyclic N) is 1. The van der Waals surface area contributed by atoms with Crippen molar-refractivity contribution in [3.8, 4) is 0 Å². The Hall–Kier alpha value is -2.58. The minimum atomic E-state index is -1.30. The maximum absolute atomic E-state index is 14.7. The number of nitrogens with one attached hydrogen (secondary N) is 2. The van der Waals surface area contributed by atoms with Crippen molar-refractivity contribution < 1.29 is 33.0 Å². The van der Waals surface area contributed by atoms with Crippen molar-refractivity contribution in [2.75, 3.05) is 38.0 Å². The largest absolute Gasteiger partial charge is 0.465 e. The summed E-state index contributed by atoms with van der Waals surface area (Å²) in [5.74, 6) is -3.55. The number of benzene rings is 2. The number of hydrogen-bond acceptors (Lipinski definition) is 5. The van der Waals surface area contributed by atoms with Crippen LogP contribution < -0.4 is 10.6 Å². The Kier molecular flexibility index (Phi) is 8.91. The van der Waals surface area contributed by atoms with Crippen LogP contribution in [0.15, 0.2) is 30.3 Å². The molecule has 12 heteroatoms. The lowest BCUT2D eigenvalue weighted by atomic mass is 9.77. The summed E-state index contributed by atoms with van der Waals surface area (Å²) in [5, 5.41) is 26.3. The number of amides is 2. The van der Waals surface area contributed by atoms with Gasteiger partial charge >= 0.3 is 6.09 Å². The molecule has 8 nitrogen and oxygen atoms in total. The molecule has 2 atom stereocenters. The van der Waals surface area contributed by atoms with E-state index in [1.54, 1.807) is 6.07 Å². The fourth-order valence-corrected chi connectivity index (χ4v) is 5.90. The highest BCUT2D eigenvalue weighted by Crippen LogP contribution is 2.35. The average Bonchev–Trinajstić information content (AvgIpc) is 2.85. The zero-order valence-corrected chi connectivity index (χ0v) is 24.8. The maximum Gasteiger partial charge on any atom is 0.407 e. The summed E-state index contributed by atoms with van der Waals surface area (Å²) in [7, 11) is 0. The summed E-state index contributed by atoms with van der Waals surface area (Å²) in [4.78, 5) is 27.7. The zero-order chi connectivity index (χ0) is 29.4. The lowest BCUT2D eigenvalue weighted by molar-refractivity contribution is -0.0792. The number of hydrogen-bond donors (Lipinski definition) is 4. The van der Waals surface area contributed by atoms with Crippen LogP contribution in [-0.4, -0.2) is 76.4 Å². The molecule has 2 heterocycles. The summed E-state index contributed by atoms with van der Waals surface area (Å²) >= 11 is 1.92. The van der Waals surface area contributed by atoms with Crippen LogP contribution in [0, 0.1) is 32.4 Å². The second kappa shape index (κ2) is 11.7. The topological polar surface area (TPSA) is 105 Å². The highest BCUT2D eigenvalue weighted by Gasteiger charge is 2.45. The Morgan fingerprint density at radius 2 is 1.82 bits per heavy atom. The van der Waals surface area contributed by atoms with Gasteiger partial charge in [0.2, 0.25) is 0 Å². The predicted molar refractivity (Wildman–Crippen MR) is 153 cm³/mol. The molecule has 0 aliphatic carbocycles. The molecule has 0 saturated carbocycles. The third-order valence-corrected chi connectivity index (χ3v) is 8.29. The predicted octanol–water partition coefficient (Wildman–Crippen LogP) is 5.03. The van der Waals surface area contributed by atoms with Crippen LogP contribution >= 0.6 is 22.6 Å². The molecule has 40 heavy (non-hydrogen) atoms. The van der Waals surface area contributed by atoms with Crippen molar-refractivity contribution in [1.82, 2.24) is 15.1 Å². The first-order valence-corrected chi connectivity index (χ1v) is 14.2. The van der Waals surface area contributed by atoms with Crippen LogP contribution in [0.4, 0.5) is 29.3 Å². The average molecular weight is 675 g/mol. The maximum atomic E-state index is 14.7. The Morgan fingerprint density at radius 3 is 2.45 bits per heavy atom. The molecule has 2 aliphatic heterocycles. The van der Waals surface area contributed by atoms with Gasteiger partial charge in [-0.15, -0.1) is 0 Å². The number of anilines is 2. The number of carbonyl (C=O) groups excluding carboxylic acids is 1. The monoisotopic (exact) mass is 674 g/mol. The molecular weight excluding hydrogens is 640 g/mol. The quantitative estimate of drug-likeness (QED) is 0.308. The fourth-order valence-electron chi connectivity index (χ4n) is 5.45. The van der Waals surface area contributed by atoms with Crippen LogP contribution in [0.3, 0.4) is 0 Å². The van der Waals surface area contributed by atoms with Gasteiger partial charge in [0.15, 0.2) is 11.6 Å². The molecule has 0 aromatic heterocycles. The van der Waals surface area contributed by atoms with Gasteiger partial charge in [0.1, 0.15) is 11.4 Å². The molecule has 2 aliphatic rings. The number of piperidine rings is 1. The van der Waals surface area contributed by atoms with Gasteiger partial charge in [0.05, 0.1) is 30.0 Å². The van der Waals surface area contributed by atoms with Crippen LogP contribution in [0.2, 0.25) is 0 Å². The summed E-state index contributed by atoms with van der Waals surface area (Å²) in [5.41, 5.74) is -2.16. The highest BCUT2D eigenvalue weighted by atomic mass is 127. The lowest BCUT2D eigenvalue weighted by Gasteiger charge is -2.47. The van der Waals surface area contributed by atoms with Gasteiger partial charge in [-0.1, -0.05) is 20.8 Å². The van der Waals surface area contributed by atoms with Crippen LogP contribution in [0.5, 0.6) is 0 Å². The van der Waals surface area contributed by atoms with Crippen molar-refractivity contribution in [3.05, 3.63) is 56.9 Å². The number of rotatable bonds is 7. The summed E-state index contributed by atoms with van der Waals surface area (Å²) < 4.78 is 43.8. The van der Waals surface area contributed by atoms with E-state index in [1.165, 1.54) is 21.9 Å². The molecule has 218 valence electrons. The molecule has 0 bridgehead atoms. The molecule has 2 aromatic rings. The van der Waals surface area contributed by atoms with E-state index in [2.05, 4.69) is 10.6 Å². The van der Waals surface area contributed by atoms with E-state index in [4.69, 9.17) is 0 Å². The normalized spacial score (nSPS) is 20.7.